The van der Waals surface area contributed by atoms with Crippen LogP contribution in [-0.2, 0) is 20.1 Å². The molecule has 20 heavy (non-hydrogen) atoms. The summed E-state index contributed by atoms with van der Waals surface area (Å²) in [6.07, 6.45) is 0.850. The van der Waals surface area contributed by atoms with Gasteiger partial charge in [0, 0.05) is 7.05 Å². The molecule has 0 atom stereocenters. The first-order valence-electron chi connectivity index (χ1n) is 6.46. The summed E-state index contributed by atoms with van der Waals surface area (Å²) < 4.78 is 20.5. The maximum atomic E-state index is 13.2. The van der Waals surface area contributed by atoms with Crippen LogP contribution < -0.4 is 4.74 Å². The summed E-state index contributed by atoms with van der Waals surface area (Å²) in [6, 6.07) is 5.90. The molecule has 2 rings (SSSR count). The van der Waals surface area contributed by atoms with Crippen molar-refractivity contribution in [2.45, 2.75) is 26.9 Å². The van der Waals surface area contributed by atoms with Crippen molar-refractivity contribution in [3.63, 3.8) is 0 Å². The van der Waals surface area contributed by atoms with Crippen LogP contribution in [0.1, 0.15) is 35.6 Å². The summed E-state index contributed by atoms with van der Waals surface area (Å²) in [5.41, 5.74) is 2.14. The predicted molar refractivity (Wildman–Crippen MR) is 73.3 cm³/mol. The summed E-state index contributed by atoms with van der Waals surface area (Å²) in [5, 5.41) is 4.32. The normalized spacial score (nSPS) is 10.6. The van der Waals surface area contributed by atoms with E-state index in [0.717, 1.165) is 17.8 Å². The van der Waals surface area contributed by atoms with Crippen molar-refractivity contribution < 1.29 is 13.9 Å². The van der Waals surface area contributed by atoms with E-state index in [1.54, 1.807) is 4.68 Å². The van der Waals surface area contributed by atoms with E-state index in [9.17, 15) is 9.18 Å². The van der Waals surface area contributed by atoms with E-state index in [1.807, 2.05) is 20.0 Å². The molecule has 0 amide bonds. The van der Waals surface area contributed by atoms with Crippen LogP contribution in [0.4, 0.5) is 4.39 Å². The predicted octanol–water partition coefficient (Wildman–Crippen LogP) is 2.90. The molecule has 0 fully saturated rings. The summed E-state index contributed by atoms with van der Waals surface area (Å²) in [6.45, 7) is 3.71. The lowest BCUT2D eigenvalue weighted by Crippen LogP contribution is -2.06. The molecule has 0 N–H and O–H groups in total. The molecule has 0 saturated heterocycles. The van der Waals surface area contributed by atoms with Crippen LogP contribution in [0.2, 0.25) is 0 Å². The van der Waals surface area contributed by atoms with Gasteiger partial charge in [0.25, 0.3) is 0 Å². The van der Waals surface area contributed by atoms with Gasteiger partial charge in [-0.05, 0) is 37.6 Å². The Morgan fingerprint density at radius 1 is 1.40 bits per heavy atom. The number of ether oxygens (including phenoxy) is 1. The zero-order valence-corrected chi connectivity index (χ0v) is 11.8. The number of halogens is 1. The van der Waals surface area contributed by atoms with E-state index in [4.69, 9.17) is 4.74 Å². The summed E-state index contributed by atoms with van der Waals surface area (Å²) in [7, 11) is 1.84. The maximum Gasteiger partial charge on any atom is 0.163 e. The minimum atomic E-state index is -0.448. The quantitative estimate of drug-likeness (QED) is 0.789. The smallest absolute Gasteiger partial charge is 0.163 e. The summed E-state index contributed by atoms with van der Waals surface area (Å²) in [5.74, 6) is -0.284. The molecule has 0 bridgehead atoms. The number of carbonyl (C=O) groups is 1. The fourth-order valence-corrected chi connectivity index (χ4v) is 1.93. The highest BCUT2D eigenvalue weighted by atomic mass is 19.1. The van der Waals surface area contributed by atoms with E-state index >= 15 is 0 Å². The fraction of sp³-hybridized carbons (Fsp3) is 0.333. The lowest BCUT2D eigenvalue weighted by molar-refractivity contribution is 0.101. The number of carbonyl (C=O) groups excluding carboxylic acids is 1. The second kappa shape index (κ2) is 5.86. The Morgan fingerprint density at radius 2 is 2.15 bits per heavy atom. The van der Waals surface area contributed by atoms with Crippen molar-refractivity contribution in [1.29, 1.82) is 0 Å². The van der Waals surface area contributed by atoms with Crippen molar-refractivity contribution in [2.24, 2.45) is 7.05 Å². The molecule has 0 spiro atoms. The summed E-state index contributed by atoms with van der Waals surface area (Å²) >= 11 is 0. The van der Waals surface area contributed by atoms with Gasteiger partial charge in [-0.2, -0.15) is 5.10 Å². The topological polar surface area (TPSA) is 44.1 Å². The molecule has 1 heterocycles. The molecule has 106 valence electrons. The van der Waals surface area contributed by atoms with Crippen molar-refractivity contribution in [1.82, 2.24) is 9.78 Å². The highest BCUT2D eigenvalue weighted by molar-refractivity contribution is 5.96. The second-order valence-electron chi connectivity index (χ2n) is 4.59. The van der Waals surface area contributed by atoms with Gasteiger partial charge < -0.3 is 4.74 Å². The van der Waals surface area contributed by atoms with Crippen LogP contribution in [-0.4, -0.2) is 15.6 Å². The SMILES string of the molecule is CCc1cc(COc2ccc(F)cc2C(C)=O)n(C)n1. The number of hydrogen-bond donors (Lipinski definition) is 0. The van der Waals surface area contributed by atoms with Gasteiger partial charge in [-0.3, -0.25) is 9.48 Å². The van der Waals surface area contributed by atoms with Gasteiger partial charge >= 0.3 is 0 Å². The van der Waals surface area contributed by atoms with Gasteiger partial charge in [-0.1, -0.05) is 6.92 Å². The van der Waals surface area contributed by atoms with Crippen molar-refractivity contribution in [3.05, 3.63) is 47.0 Å². The standard InChI is InChI=1S/C15H17FN2O2/c1-4-12-8-13(18(3)17-12)9-20-15-6-5-11(16)7-14(15)10(2)19/h5-8H,4,9H2,1-3H3. The lowest BCUT2D eigenvalue weighted by atomic mass is 10.1. The van der Waals surface area contributed by atoms with Crippen LogP contribution in [0.5, 0.6) is 5.75 Å². The molecule has 0 aliphatic heterocycles. The molecule has 0 aliphatic rings. The number of ketones is 1. The zero-order chi connectivity index (χ0) is 14.7. The third kappa shape index (κ3) is 3.04. The van der Waals surface area contributed by atoms with Gasteiger partial charge in [0.2, 0.25) is 0 Å². The van der Waals surface area contributed by atoms with Crippen molar-refractivity contribution in [2.75, 3.05) is 0 Å². The average Bonchev–Trinajstić information content (AvgIpc) is 2.78. The Hall–Kier alpha value is -2.17. The first kappa shape index (κ1) is 14.2. The number of aromatic nitrogens is 2. The first-order valence-corrected chi connectivity index (χ1v) is 6.46. The molecule has 0 saturated carbocycles. The van der Waals surface area contributed by atoms with E-state index in [-0.39, 0.29) is 18.0 Å². The monoisotopic (exact) mass is 276 g/mol. The van der Waals surface area contributed by atoms with Crippen LogP contribution in [0.15, 0.2) is 24.3 Å². The first-order chi connectivity index (χ1) is 9.51. The molecule has 0 unspecified atom stereocenters. The highest BCUT2D eigenvalue weighted by Gasteiger charge is 2.11. The van der Waals surface area contributed by atoms with Gasteiger partial charge in [0.15, 0.2) is 5.78 Å². The molecule has 0 aliphatic carbocycles. The zero-order valence-electron chi connectivity index (χ0n) is 11.8. The van der Waals surface area contributed by atoms with Crippen LogP contribution in [0.25, 0.3) is 0 Å². The number of hydrogen-bond acceptors (Lipinski definition) is 3. The maximum absolute atomic E-state index is 13.2. The van der Waals surface area contributed by atoms with Crippen LogP contribution >= 0.6 is 0 Å². The van der Waals surface area contributed by atoms with Gasteiger partial charge in [0.1, 0.15) is 18.2 Å². The highest BCUT2D eigenvalue weighted by Crippen LogP contribution is 2.21. The van der Waals surface area contributed by atoms with E-state index in [0.29, 0.717) is 5.75 Å². The van der Waals surface area contributed by atoms with Gasteiger partial charge in [-0.25, -0.2) is 4.39 Å². The van der Waals surface area contributed by atoms with E-state index in [2.05, 4.69) is 5.10 Å². The molecule has 1 aromatic heterocycles. The Kier molecular flexibility index (Phi) is 4.17. The Bertz CT molecular complexity index is 635. The average molecular weight is 276 g/mol. The molecule has 5 heteroatoms. The Balaban J connectivity index is 2.18. The second-order valence-corrected chi connectivity index (χ2v) is 4.59. The third-order valence-electron chi connectivity index (χ3n) is 3.09. The number of benzene rings is 1. The van der Waals surface area contributed by atoms with E-state index in [1.165, 1.54) is 25.1 Å². The molecule has 1 aromatic carbocycles. The minimum absolute atomic E-state index is 0.223. The number of rotatable bonds is 5. The largest absolute Gasteiger partial charge is 0.487 e. The summed E-state index contributed by atoms with van der Waals surface area (Å²) in [4.78, 5) is 11.5. The van der Waals surface area contributed by atoms with Gasteiger partial charge in [-0.15, -0.1) is 0 Å². The van der Waals surface area contributed by atoms with Crippen molar-refractivity contribution in [3.8, 4) is 5.75 Å². The molecule has 0 radical (unpaired) electrons. The van der Waals surface area contributed by atoms with Crippen LogP contribution in [0.3, 0.4) is 0 Å². The third-order valence-corrected chi connectivity index (χ3v) is 3.09. The Labute approximate surface area is 117 Å². The number of aryl methyl sites for hydroxylation is 2. The lowest BCUT2D eigenvalue weighted by Gasteiger charge is -2.09. The molecular weight excluding hydrogens is 259 g/mol. The Morgan fingerprint density at radius 3 is 2.75 bits per heavy atom. The van der Waals surface area contributed by atoms with Crippen molar-refractivity contribution >= 4 is 5.78 Å². The van der Waals surface area contributed by atoms with Crippen LogP contribution in [0, 0.1) is 5.82 Å². The molecule has 4 nitrogen and oxygen atoms in total. The minimum Gasteiger partial charge on any atom is -0.487 e. The molecular formula is C15H17FN2O2. The van der Waals surface area contributed by atoms with Gasteiger partial charge in [0.05, 0.1) is 17.0 Å². The number of nitrogens with zero attached hydrogens (tertiary/aromatic N) is 2. The molecule has 2 aromatic rings. The fourth-order valence-electron chi connectivity index (χ4n) is 1.93. The van der Waals surface area contributed by atoms with E-state index < -0.39 is 5.82 Å². The number of Topliss-reactive ketones (excluding diaryl/α,β-unsaturated/α-hetero) is 1.